The molecule has 1 unspecified atom stereocenters. The van der Waals surface area contributed by atoms with Crippen LogP contribution < -0.4 is 5.73 Å². The average Bonchev–Trinajstić information content (AvgIpc) is 2.85. The molecule has 0 bridgehead atoms. The molecule has 110 valence electrons. The molecule has 20 heavy (non-hydrogen) atoms. The molecule has 0 aliphatic carbocycles. The van der Waals surface area contributed by atoms with E-state index < -0.39 is 0 Å². The Morgan fingerprint density at radius 2 is 2.30 bits per heavy atom. The predicted molar refractivity (Wildman–Crippen MR) is 82.0 cm³/mol. The van der Waals surface area contributed by atoms with Gasteiger partial charge in [0.25, 0.3) is 0 Å². The highest BCUT2D eigenvalue weighted by Gasteiger charge is 2.24. The van der Waals surface area contributed by atoms with E-state index in [1.807, 2.05) is 0 Å². The maximum absolute atomic E-state index is 13.3. The van der Waals surface area contributed by atoms with E-state index in [2.05, 4.69) is 4.90 Å². The standard InChI is InChI=1S/C15H21FN2OS/c16-12-6-5-11(14(9-12)15(17)20)10-18-7-1-3-13(18)4-2-8-19/h5-6,9,13,19H,1-4,7-8,10H2,(H2,17,20). The van der Waals surface area contributed by atoms with Crippen LogP contribution in [0.15, 0.2) is 18.2 Å². The van der Waals surface area contributed by atoms with Crippen molar-refractivity contribution < 1.29 is 9.50 Å². The van der Waals surface area contributed by atoms with E-state index in [1.54, 1.807) is 6.07 Å². The molecular formula is C15H21FN2OS. The molecular weight excluding hydrogens is 275 g/mol. The van der Waals surface area contributed by atoms with E-state index in [9.17, 15) is 4.39 Å². The Morgan fingerprint density at radius 1 is 1.50 bits per heavy atom. The zero-order valence-corrected chi connectivity index (χ0v) is 12.3. The van der Waals surface area contributed by atoms with Gasteiger partial charge in [-0.1, -0.05) is 18.3 Å². The molecule has 2 rings (SSSR count). The van der Waals surface area contributed by atoms with Gasteiger partial charge in [0.15, 0.2) is 0 Å². The highest BCUT2D eigenvalue weighted by molar-refractivity contribution is 7.80. The van der Waals surface area contributed by atoms with E-state index in [1.165, 1.54) is 18.6 Å². The summed E-state index contributed by atoms with van der Waals surface area (Å²) in [6.45, 7) is 2.01. The number of nitrogens with two attached hydrogens (primary N) is 1. The number of thiocarbonyl (C=S) groups is 1. The van der Waals surface area contributed by atoms with Gasteiger partial charge in [0.1, 0.15) is 10.8 Å². The Labute approximate surface area is 124 Å². The van der Waals surface area contributed by atoms with E-state index >= 15 is 0 Å². The molecule has 0 saturated carbocycles. The number of nitrogens with zero attached hydrogens (tertiary/aromatic N) is 1. The number of benzene rings is 1. The minimum absolute atomic E-state index is 0.235. The van der Waals surface area contributed by atoms with Crippen LogP contribution in [0.2, 0.25) is 0 Å². The van der Waals surface area contributed by atoms with Crippen molar-refractivity contribution in [2.45, 2.75) is 38.3 Å². The van der Waals surface area contributed by atoms with Crippen molar-refractivity contribution in [3.05, 3.63) is 35.1 Å². The Hall–Kier alpha value is -1.04. The highest BCUT2D eigenvalue weighted by Crippen LogP contribution is 2.25. The summed E-state index contributed by atoms with van der Waals surface area (Å²) in [5, 5.41) is 8.96. The van der Waals surface area contributed by atoms with Crippen LogP contribution in [0.4, 0.5) is 4.39 Å². The number of likely N-dealkylation sites (tertiary alicyclic amines) is 1. The summed E-state index contributed by atoms with van der Waals surface area (Å²) in [7, 11) is 0. The molecule has 3 nitrogen and oxygen atoms in total. The van der Waals surface area contributed by atoms with Crippen molar-refractivity contribution in [1.82, 2.24) is 4.90 Å². The number of hydrogen-bond acceptors (Lipinski definition) is 3. The third-order valence-corrected chi connectivity index (χ3v) is 4.13. The lowest BCUT2D eigenvalue weighted by Crippen LogP contribution is -2.30. The number of aliphatic hydroxyl groups excluding tert-OH is 1. The first-order chi connectivity index (χ1) is 9.61. The van der Waals surface area contributed by atoms with Crippen molar-refractivity contribution in [2.24, 2.45) is 5.73 Å². The van der Waals surface area contributed by atoms with Crippen LogP contribution in [0.1, 0.15) is 36.8 Å². The summed E-state index contributed by atoms with van der Waals surface area (Å²) in [6, 6.07) is 5.13. The summed E-state index contributed by atoms with van der Waals surface area (Å²) in [6.07, 6.45) is 4.15. The van der Waals surface area contributed by atoms with Crippen LogP contribution in [0.25, 0.3) is 0 Å². The summed E-state index contributed by atoms with van der Waals surface area (Å²) < 4.78 is 13.3. The molecule has 1 aromatic carbocycles. The SMILES string of the molecule is NC(=S)c1cc(F)ccc1CN1CCCC1CCCO. The maximum atomic E-state index is 13.3. The first-order valence-electron chi connectivity index (χ1n) is 7.05. The van der Waals surface area contributed by atoms with Crippen LogP contribution in [0.3, 0.4) is 0 Å². The van der Waals surface area contributed by atoms with Crippen molar-refractivity contribution in [3.63, 3.8) is 0 Å². The highest BCUT2D eigenvalue weighted by atomic mass is 32.1. The quantitative estimate of drug-likeness (QED) is 0.790. The lowest BCUT2D eigenvalue weighted by molar-refractivity contribution is 0.210. The topological polar surface area (TPSA) is 49.5 Å². The monoisotopic (exact) mass is 296 g/mol. The van der Waals surface area contributed by atoms with Crippen LogP contribution in [0, 0.1) is 5.82 Å². The minimum atomic E-state index is -0.310. The molecule has 0 amide bonds. The smallest absolute Gasteiger partial charge is 0.123 e. The second-order valence-electron chi connectivity index (χ2n) is 5.30. The fourth-order valence-corrected chi connectivity index (χ4v) is 3.08. The van der Waals surface area contributed by atoms with Gasteiger partial charge in [0.2, 0.25) is 0 Å². The molecule has 1 saturated heterocycles. The Balaban J connectivity index is 2.11. The van der Waals surface area contributed by atoms with E-state index in [0.717, 1.165) is 37.9 Å². The van der Waals surface area contributed by atoms with Crippen molar-refractivity contribution >= 4 is 17.2 Å². The Bertz CT molecular complexity index is 481. The van der Waals surface area contributed by atoms with Crippen molar-refractivity contribution in [3.8, 4) is 0 Å². The van der Waals surface area contributed by atoms with Crippen molar-refractivity contribution in [2.75, 3.05) is 13.2 Å². The summed E-state index contributed by atoms with van der Waals surface area (Å²) in [4.78, 5) is 2.62. The number of halogens is 1. The first kappa shape index (κ1) is 15.4. The van der Waals surface area contributed by atoms with E-state index in [4.69, 9.17) is 23.1 Å². The van der Waals surface area contributed by atoms with Gasteiger partial charge in [-0.25, -0.2) is 4.39 Å². The molecule has 1 heterocycles. The summed E-state index contributed by atoms with van der Waals surface area (Å²) in [5.41, 5.74) is 7.30. The van der Waals surface area contributed by atoms with Gasteiger partial charge in [-0.2, -0.15) is 0 Å². The third kappa shape index (κ3) is 3.75. The third-order valence-electron chi connectivity index (χ3n) is 3.91. The van der Waals surface area contributed by atoms with Gasteiger partial charge in [0, 0.05) is 24.8 Å². The largest absolute Gasteiger partial charge is 0.396 e. The Morgan fingerprint density at radius 3 is 3.00 bits per heavy atom. The second kappa shape index (κ2) is 7.11. The minimum Gasteiger partial charge on any atom is -0.396 e. The fourth-order valence-electron chi connectivity index (χ4n) is 2.89. The molecule has 5 heteroatoms. The lowest BCUT2D eigenvalue weighted by atomic mass is 10.0. The Kier molecular flexibility index (Phi) is 5.46. The summed E-state index contributed by atoms with van der Waals surface area (Å²) >= 11 is 5.01. The fraction of sp³-hybridized carbons (Fsp3) is 0.533. The second-order valence-corrected chi connectivity index (χ2v) is 5.74. The van der Waals surface area contributed by atoms with Crippen LogP contribution in [-0.2, 0) is 6.54 Å². The van der Waals surface area contributed by atoms with Gasteiger partial charge < -0.3 is 10.8 Å². The molecule has 1 aliphatic heterocycles. The zero-order chi connectivity index (χ0) is 14.5. The summed E-state index contributed by atoms with van der Waals surface area (Å²) in [5.74, 6) is -0.310. The first-order valence-corrected chi connectivity index (χ1v) is 7.45. The van der Waals surface area contributed by atoms with Gasteiger partial charge >= 0.3 is 0 Å². The van der Waals surface area contributed by atoms with Crippen LogP contribution in [-0.4, -0.2) is 34.2 Å². The van der Waals surface area contributed by atoms with Gasteiger partial charge in [-0.3, -0.25) is 4.90 Å². The van der Waals surface area contributed by atoms with Crippen LogP contribution in [0.5, 0.6) is 0 Å². The van der Waals surface area contributed by atoms with E-state index in [-0.39, 0.29) is 17.4 Å². The van der Waals surface area contributed by atoms with Gasteiger partial charge in [-0.15, -0.1) is 0 Å². The molecule has 0 aromatic heterocycles. The normalized spacial score (nSPS) is 19.4. The zero-order valence-electron chi connectivity index (χ0n) is 11.5. The predicted octanol–water partition coefficient (Wildman–Crippen LogP) is 2.20. The lowest BCUT2D eigenvalue weighted by Gasteiger charge is -2.25. The number of aliphatic hydroxyl groups is 1. The van der Waals surface area contributed by atoms with Crippen LogP contribution >= 0.6 is 12.2 Å². The maximum Gasteiger partial charge on any atom is 0.123 e. The number of hydrogen-bond donors (Lipinski definition) is 2. The van der Waals surface area contributed by atoms with Crippen molar-refractivity contribution in [1.29, 1.82) is 0 Å². The molecule has 1 aromatic rings. The molecule has 3 N–H and O–H groups in total. The molecule has 1 atom stereocenters. The molecule has 0 radical (unpaired) electrons. The molecule has 1 fully saturated rings. The number of rotatable bonds is 6. The molecule has 0 spiro atoms. The van der Waals surface area contributed by atoms with E-state index in [0.29, 0.717) is 11.6 Å². The van der Waals surface area contributed by atoms with Gasteiger partial charge in [-0.05, 0) is 49.9 Å². The molecule has 1 aliphatic rings. The van der Waals surface area contributed by atoms with Gasteiger partial charge in [0.05, 0.1) is 0 Å². The average molecular weight is 296 g/mol.